The fraction of sp³-hybridized carbons (Fsp3) is 0. The summed E-state index contributed by atoms with van der Waals surface area (Å²) in [6.45, 7) is 0. The zero-order valence-electron chi connectivity index (χ0n) is 8.32. The van der Waals surface area contributed by atoms with Gasteiger partial charge in [0.25, 0.3) is 0 Å². The van der Waals surface area contributed by atoms with Gasteiger partial charge in [0.1, 0.15) is 28.7 Å². The van der Waals surface area contributed by atoms with Crippen LogP contribution in [0.2, 0.25) is 5.02 Å². The lowest BCUT2D eigenvalue weighted by Crippen LogP contribution is -1.97. The van der Waals surface area contributed by atoms with E-state index in [-0.39, 0.29) is 22.5 Å². The van der Waals surface area contributed by atoms with E-state index in [4.69, 9.17) is 22.1 Å². The van der Waals surface area contributed by atoms with Crippen molar-refractivity contribution in [3.05, 3.63) is 39.8 Å². The van der Waals surface area contributed by atoms with Crippen molar-refractivity contribution in [2.45, 2.75) is 0 Å². The summed E-state index contributed by atoms with van der Waals surface area (Å²) >= 11 is 9.07. The number of aromatic nitrogens is 2. The summed E-state index contributed by atoms with van der Waals surface area (Å²) in [5.41, 5.74) is 5.49. The third kappa shape index (κ3) is 2.65. The van der Waals surface area contributed by atoms with E-state index in [0.29, 0.717) is 4.47 Å². The molecule has 0 spiro atoms. The summed E-state index contributed by atoms with van der Waals surface area (Å²) in [4.78, 5) is 7.51. The molecule has 1 aromatic heterocycles. The largest absolute Gasteiger partial charge is 0.436 e. The first-order chi connectivity index (χ1) is 8.08. The summed E-state index contributed by atoms with van der Waals surface area (Å²) < 4.78 is 19.0. The molecule has 0 saturated heterocycles. The van der Waals surface area contributed by atoms with Crippen molar-refractivity contribution in [2.75, 3.05) is 5.73 Å². The van der Waals surface area contributed by atoms with Crippen LogP contribution < -0.4 is 10.5 Å². The van der Waals surface area contributed by atoms with Crippen LogP contribution in [0.3, 0.4) is 0 Å². The molecule has 0 aliphatic heterocycles. The summed E-state index contributed by atoms with van der Waals surface area (Å²) in [6.07, 6.45) is 1.21. The Morgan fingerprint density at radius 3 is 2.88 bits per heavy atom. The molecule has 88 valence electrons. The number of nitrogens with two attached hydrogens (primary N) is 1. The Bertz CT molecular complexity index is 567. The number of anilines is 1. The molecule has 0 saturated carbocycles. The van der Waals surface area contributed by atoms with Crippen LogP contribution in [0.25, 0.3) is 0 Å². The first-order valence-corrected chi connectivity index (χ1v) is 5.64. The van der Waals surface area contributed by atoms with Crippen LogP contribution in [0.4, 0.5) is 10.2 Å². The number of benzene rings is 1. The second-order valence-electron chi connectivity index (χ2n) is 3.05. The predicted molar refractivity (Wildman–Crippen MR) is 65.6 cm³/mol. The quantitative estimate of drug-likeness (QED) is 0.922. The highest BCUT2D eigenvalue weighted by atomic mass is 79.9. The third-order valence-electron chi connectivity index (χ3n) is 1.88. The maximum atomic E-state index is 13.0. The first kappa shape index (κ1) is 12.1. The van der Waals surface area contributed by atoms with E-state index in [2.05, 4.69) is 25.9 Å². The molecular weight excluding hydrogens is 312 g/mol. The maximum Gasteiger partial charge on any atom is 0.243 e. The monoisotopic (exact) mass is 317 g/mol. The molecule has 0 aliphatic rings. The van der Waals surface area contributed by atoms with E-state index >= 15 is 0 Å². The zero-order chi connectivity index (χ0) is 12.4. The fourth-order valence-corrected chi connectivity index (χ4v) is 1.56. The van der Waals surface area contributed by atoms with Crippen LogP contribution in [0.5, 0.6) is 11.6 Å². The molecule has 1 aromatic carbocycles. The second kappa shape index (κ2) is 4.85. The first-order valence-electron chi connectivity index (χ1n) is 4.47. The molecule has 0 unspecified atom stereocenters. The van der Waals surface area contributed by atoms with Crippen molar-refractivity contribution < 1.29 is 9.13 Å². The molecule has 0 bridgehead atoms. The van der Waals surface area contributed by atoms with E-state index in [1.54, 1.807) is 0 Å². The highest BCUT2D eigenvalue weighted by molar-refractivity contribution is 9.10. The van der Waals surface area contributed by atoms with Gasteiger partial charge in [-0.1, -0.05) is 11.6 Å². The van der Waals surface area contributed by atoms with Crippen molar-refractivity contribution in [3.63, 3.8) is 0 Å². The minimum Gasteiger partial charge on any atom is -0.436 e. The molecule has 0 radical (unpaired) electrons. The van der Waals surface area contributed by atoms with Crippen LogP contribution in [0.15, 0.2) is 29.0 Å². The van der Waals surface area contributed by atoms with Crippen LogP contribution in [0, 0.1) is 5.82 Å². The van der Waals surface area contributed by atoms with Gasteiger partial charge in [0, 0.05) is 6.07 Å². The van der Waals surface area contributed by atoms with E-state index in [1.165, 1.54) is 24.5 Å². The number of rotatable bonds is 2. The highest BCUT2D eigenvalue weighted by Crippen LogP contribution is 2.34. The lowest BCUT2D eigenvalue weighted by Gasteiger charge is -2.08. The van der Waals surface area contributed by atoms with E-state index in [0.717, 1.165) is 0 Å². The highest BCUT2D eigenvalue weighted by Gasteiger charge is 2.11. The molecule has 1 heterocycles. The summed E-state index contributed by atoms with van der Waals surface area (Å²) in [5, 5.41) is 0.0867. The van der Waals surface area contributed by atoms with Gasteiger partial charge in [-0.05, 0) is 28.1 Å². The fourth-order valence-electron chi connectivity index (χ4n) is 1.10. The number of hydrogen-bond donors (Lipinski definition) is 1. The van der Waals surface area contributed by atoms with Gasteiger partial charge in [0.15, 0.2) is 0 Å². The molecule has 2 N–H and O–H groups in total. The van der Waals surface area contributed by atoms with Gasteiger partial charge in [0.05, 0.1) is 4.47 Å². The summed E-state index contributed by atoms with van der Waals surface area (Å²) in [7, 11) is 0. The number of hydrogen-bond acceptors (Lipinski definition) is 4. The molecule has 4 nitrogen and oxygen atoms in total. The molecule has 0 fully saturated rings. The Kier molecular flexibility index (Phi) is 3.44. The second-order valence-corrected chi connectivity index (χ2v) is 4.29. The van der Waals surface area contributed by atoms with Crippen molar-refractivity contribution in [3.8, 4) is 11.6 Å². The van der Waals surface area contributed by atoms with Gasteiger partial charge in [-0.25, -0.2) is 9.37 Å². The molecule has 7 heteroatoms. The van der Waals surface area contributed by atoms with Gasteiger partial charge >= 0.3 is 0 Å². The molecule has 2 aromatic rings. The molecule has 17 heavy (non-hydrogen) atoms. The summed E-state index contributed by atoms with van der Waals surface area (Å²) in [5.74, 6) is 0.000935. The van der Waals surface area contributed by atoms with Gasteiger partial charge in [0.2, 0.25) is 5.88 Å². The molecule has 2 rings (SSSR count). The number of nitrogens with zero attached hydrogens (tertiary/aromatic N) is 2. The number of ether oxygens (including phenoxy) is 1. The molecule has 0 amide bonds. The van der Waals surface area contributed by atoms with Gasteiger partial charge < -0.3 is 10.5 Å². The van der Waals surface area contributed by atoms with Crippen LogP contribution >= 0.6 is 27.5 Å². The van der Waals surface area contributed by atoms with Crippen LogP contribution in [-0.2, 0) is 0 Å². The van der Waals surface area contributed by atoms with Gasteiger partial charge in [-0.2, -0.15) is 4.98 Å². The van der Waals surface area contributed by atoms with Crippen molar-refractivity contribution >= 4 is 33.3 Å². The normalized spacial score (nSPS) is 10.3. The van der Waals surface area contributed by atoms with E-state index in [9.17, 15) is 4.39 Å². The maximum absolute atomic E-state index is 13.0. The zero-order valence-corrected chi connectivity index (χ0v) is 10.7. The Labute approximate surface area is 110 Å². The Morgan fingerprint density at radius 1 is 1.35 bits per heavy atom. The number of nitrogen functional groups attached to an aromatic ring is 1. The van der Waals surface area contributed by atoms with Crippen molar-refractivity contribution in [1.82, 2.24) is 9.97 Å². The number of halogens is 3. The lowest BCUT2D eigenvalue weighted by molar-refractivity contribution is 0.454. The third-order valence-corrected chi connectivity index (χ3v) is 2.89. The van der Waals surface area contributed by atoms with Crippen molar-refractivity contribution in [1.29, 1.82) is 0 Å². The SMILES string of the molecule is Nc1ncnc(Oc2cc(F)ccc2Br)c1Cl. The van der Waals surface area contributed by atoms with Gasteiger partial charge in [-0.15, -0.1) is 0 Å². The Hall–Kier alpha value is -1.40. The Morgan fingerprint density at radius 2 is 2.12 bits per heavy atom. The van der Waals surface area contributed by atoms with Crippen LogP contribution in [-0.4, -0.2) is 9.97 Å². The average molecular weight is 319 g/mol. The molecule has 0 aliphatic carbocycles. The minimum absolute atomic E-state index is 0.0745. The predicted octanol–water partition coefficient (Wildman–Crippen LogP) is 3.41. The Balaban J connectivity index is 2.38. The van der Waals surface area contributed by atoms with E-state index in [1.807, 2.05) is 0 Å². The lowest BCUT2D eigenvalue weighted by atomic mass is 10.3. The minimum atomic E-state index is -0.429. The molecular formula is C10H6BrClFN3O. The standard InChI is InChI=1S/C10H6BrClFN3O/c11-6-2-1-5(13)3-7(6)17-10-8(12)9(14)15-4-16-10/h1-4H,(H2,14,15,16). The van der Waals surface area contributed by atoms with Gasteiger partial charge in [-0.3, -0.25) is 0 Å². The van der Waals surface area contributed by atoms with Crippen LogP contribution in [0.1, 0.15) is 0 Å². The average Bonchev–Trinajstić information content (AvgIpc) is 2.30. The molecule has 0 atom stereocenters. The topological polar surface area (TPSA) is 61.0 Å². The van der Waals surface area contributed by atoms with Crippen molar-refractivity contribution in [2.24, 2.45) is 0 Å². The summed E-state index contributed by atoms with van der Waals surface area (Å²) in [6, 6.07) is 4.02. The van der Waals surface area contributed by atoms with E-state index < -0.39 is 5.82 Å². The smallest absolute Gasteiger partial charge is 0.243 e.